The maximum Gasteiger partial charge on any atom is 0.330 e. The Kier molecular flexibility index (Phi) is 11.0. The highest BCUT2D eigenvalue weighted by Crippen LogP contribution is 2.30. The van der Waals surface area contributed by atoms with Crippen LogP contribution >= 0.6 is 0 Å². The summed E-state index contributed by atoms with van der Waals surface area (Å²) in [5.41, 5.74) is 1.10. The molecule has 0 N–H and O–H groups in total. The van der Waals surface area contributed by atoms with E-state index in [2.05, 4.69) is 25.5 Å². The van der Waals surface area contributed by atoms with E-state index in [1.165, 1.54) is 23.5 Å². The van der Waals surface area contributed by atoms with Gasteiger partial charge in [-0.3, -0.25) is 9.69 Å². The monoisotopic (exact) mass is 504 g/mol. The number of ether oxygens (including phenoxy) is 1. The summed E-state index contributed by atoms with van der Waals surface area (Å²) in [4.78, 5) is 0. The van der Waals surface area contributed by atoms with E-state index in [0.29, 0.717) is 24.4 Å². The molecule has 3 heterocycles. The van der Waals surface area contributed by atoms with Crippen molar-refractivity contribution in [1.82, 2.24) is 34.6 Å². The normalized spacial score (nSPS) is 12.7. The minimum Gasteiger partial charge on any atom is -0.383 e. The van der Waals surface area contributed by atoms with E-state index in [1.54, 1.807) is 43.4 Å². The van der Waals surface area contributed by atoms with Crippen LogP contribution in [0.2, 0.25) is 0 Å². The molecule has 9 nitrogen and oxygen atoms in total. The summed E-state index contributed by atoms with van der Waals surface area (Å²) in [6.45, 7) is 6.98. The first-order valence-corrected chi connectivity index (χ1v) is 11.4. The quantitative estimate of drug-likeness (QED) is 0.207. The van der Waals surface area contributed by atoms with E-state index in [9.17, 15) is 13.2 Å². The topological polar surface area (TPSA) is 85.7 Å². The third-order valence-electron chi connectivity index (χ3n) is 4.49. The molecule has 36 heavy (non-hydrogen) atoms. The van der Waals surface area contributed by atoms with Crippen molar-refractivity contribution < 1.29 is 17.9 Å². The molecule has 194 valence electrons. The highest BCUT2D eigenvalue weighted by atomic mass is 19.3. The number of nitrogens with zero attached hydrogens (tertiary/aromatic N) is 8. The van der Waals surface area contributed by atoms with Gasteiger partial charge in [0.1, 0.15) is 5.83 Å². The molecule has 0 atom stereocenters. The zero-order valence-electron chi connectivity index (χ0n) is 21.0. The van der Waals surface area contributed by atoms with Crippen LogP contribution in [0.3, 0.4) is 0 Å². The molecule has 0 aliphatic heterocycles. The Morgan fingerprint density at radius 3 is 2.75 bits per heavy atom. The van der Waals surface area contributed by atoms with Crippen molar-refractivity contribution in [1.29, 1.82) is 0 Å². The van der Waals surface area contributed by atoms with E-state index in [0.717, 1.165) is 17.0 Å². The molecule has 0 saturated carbocycles. The van der Waals surface area contributed by atoms with Gasteiger partial charge in [0.15, 0.2) is 5.65 Å². The fourth-order valence-electron chi connectivity index (χ4n) is 2.80. The fraction of sp³-hybridized carbons (Fsp3) is 0.375. The van der Waals surface area contributed by atoms with Gasteiger partial charge in [0.05, 0.1) is 25.0 Å². The van der Waals surface area contributed by atoms with Gasteiger partial charge in [-0.2, -0.15) is 28.6 Å². The van der Waals surface area contributed by atoms with Gasteiger partial charge in [0.25, 0.3) is 0 Å². The van der Waals surface area contributed by atoms with Crippen LogP contribution in [0, 0.1) is 0 Å². The molecule has 3 aromatic rings. The van der Waals surface area contributed by atoms with Crippen molar-refractivity contribution >= 4 is 11.9 Å². The summed E-state index contributed by atoms with van der Waals surface area (Å²) in [5.74, 6) is -5.74. The number of allylic oxidation sites excluding steroid dienone is 5. The Labute approximate surface area is 208 Å². The number of methoxy groups -OCH3 is 1. The van der Waals surface area contributed by atoms with E-state index >= 15 is 0 Å². The van der Waals surface area contributed by atoms with Gasteiger partial charge in [-0.1, -0.05) is 26.8 Å². The van der Waals surface area contributed by atoms with Crippen LogP contribution in [-0.4, -0.2) is 61.6 Å². The van der Waals surface area contributed by atoms with Gasteiger partial charge in [0.2, 0.25) is 5.82 Å². The van der Waals surface area contributed by atoms with Crippen LogP contribution in [0.5, 0.6) is 0 Å². The first-order chi connectivity index (χ1) is 17.3. The molecule has 3 rings (SSSR count). The zero-order chi connectivity index (χ0) is 26.6. The molecule has 0 aliphatic rings. The van der Waals surface area contributed by atoms with E-state index in [-0.39, 0.29) is 11.7 Å². The standard InChI is InChI=1S/C22H25F3N8O.C2H6/c1-4-5-6-10-26-31(2)11-9-18(23)14-22(24,25)21-29-28-20-8-7-19(30-33(20)21)17-15-27-32(16-17)12-13-34-3;1-2/h5-11,14-16H,4,12-13H2,1-3H3;1-2H3/b6-5-,11-9+,18-14-,26-10+;. The Morgan fingerprint density at radius 2 is 2.03 bits per heavy atom. The molecule has 0 unspecified atom stereocenters. The minimum absolute atomic E-state index is 0.101. The Morgan fingerprint density at radius 1 is 1.25 bits per heavy atom. The van der Waals surface area contributed by atoms with Crippen molar-refractivity contribution in [3.8, 4) is 11.3 Å². The predicted octanol–water partition coefficient (Wildman–Crippen LogP) is 5.00. The molecule has 0 aliphatic carbocycles. The Hall–Kier alpha value is -3.80. The van der Waals surface area contributed by atoms with Crippen LogP contribution in [0.25, 0.3) is 16.9 Å². The lowest BCUT2D eigenvalue weighted by Gasteiger charge is -2.10. The SMILES string of the molecule is CC.CC/C=C\C=N\N(C)/C=C/C(F)=C/C(F)(F)c1nnc2ccc(-c3cnn(CCOC)c3)nn12. The molecule has 0 bridgehead atoms. The average molecular weight is 505 g/mol. The van der Waals surface area contributed by atoms with Crippen molar-refractivity contribution in [3.63, 3.8) is 0 Å². The van der Waals surface area contributed by atoms with Crippen molar-refractivity contribution in [3.05, 3.63) is 66.7 Å². The second-order valence-corrected chi connectivity index (χ2v) is 7.14. The zero-order valence-corrected chi connectivity index (χ0v) is 21.0. The maximum absolute atomic E-state index is 14.9. The van der Waals surface area contributed by atoms with Gasteiger partial charge in [0, 0.05) is 44.4 Å². The molecule has 3 aromatic heterocycles. The molecule has 0 spiro atoms. The number of halogens is 3. The maximum atomic E-state index is 14.9. The minimum atomic E-state index is -3.77. The third-order valence-corrected chi connectivity index (χ3v) is 4.49. The molecule has 12 heteroatoms. The van der Waals surface area contributed by atoms with Gasteiger partial charge in [-0.05, 0) is 30.7 Å². The van der Waals surface area contributed by atoms with Crippen LogP contribution < -0.4 is 0 Å². The summed E-state index contributed by atoms with van der Waals surface area (Å²) < 4.78 is 51.5. The first kappa shape index (κ1) is 28.4. The molecule has 0 amide bonds. The highest BCUT2D eigenvalue weighted by molar-refractivity contribution is 5.70. The number of hydrogen-bond acceptors (Lipinski definition) is 7. The van der Waals surface area contributed by atoms with Crippen LogP contribution in [-0.2, 0) is 17.2 Å². The molecule has 0 saturated heterocycles. The molecule has 0 radical (unpaired) electrons. The lowest BCUT2D eigenvalue weighted by Crippen LogP contribution is -2.16. The second-order valence-electron chi connectivity index (χ2n) is 7.14. The molecular formula is C24H31F3N8O. The molecular weight excluding hydrogens is 473 g/mol. The van der Waals surface area contributed by atoms with Crippen molar-refractivity contribution in [2.45, 2.75) is 39.7 Å². The van der Waals surface area contributed by atoms with Crippen LogP contribution in [0.1, 0.15) is 33.0 Å². The second kappa shape index (κ2) is 13.9. The van der Waals surface area contributed by atoms with Crippen LogP contribution in [0.15, 0.2) is 66.0 Å². The lowest BCUT2D eigenvalue weighted by molar-refractivity contribution is 0.0378. The lowest BCUT2D eigenvalue weighted by atomic mass is 10.2. The van der Waals surface area contributed by atoms with E-state index in [4.69, 9.17) is 4.74 Å². The number of alkyl halides is 2. The largest absolute Gasteiger partial charge is 0.383 e. The smallest absolute Gasteiger partial charge is 0.330 e. The van der Waals surface area contributed by atoms with Gasteiger partial charge < -0.3 is 4.74 Å². The summed E-state index contributed by atoms with van der Waals surface area (Å²) in [5, 5.41) is 20.9. The Balaban J connectivity index is 0.00000222. The fourth-order valence-corrected chi connectivity index (χ4v) is 2.80. The summed E-state index contributed by atoms with van der Waals surface area (Å²) >= 11 is 0. The van der Waals surface area contributed by atoms with E-state index < -0.39 is 17.6 Å². The number of fused-ring (bicyclic) bond motifs is 1. The third kappa shape index (κ3) is 7.87. The average Bonchev–Trinajstić information content (AvgIpc) is 3.52. The first-order valence-electron chi connectivity index (χ1n) is 11.4. The summed E-state index contributed by atoms with van der Waals surface area (Å²) in [7, 11) is 3.13. The highest BCUT2D eigenvalue weighted by Gasteiger charge is 2.36. The number of rotatable bonds is 11. The number of hydrogen-bond donors (Lipinski definition) is 0. The van der Waals surface area contributed by atoms with E-state index in [1.807, 2.05) is 26.8 Å². The number of hydrazone groups is 1. The Bertz CT molecular complexity index is 1210. The van der Waals surface area contributed by atoms with Crippen LogP contribution in [0.4, 0.5) is 13.2 Å². The van der Waals surface area contributed by atoms with Crippen molar-refractivity contribution in [2.75, 3.05) is 20.8 Å². The van der Waals surface area contributed by atoms with Gasteiger partial charge in [-0.25, -0.2) is 4.39 Å². The predicted molar refractivity (Wildman–Crippen MR) is 133 cm³/mol. The van der Waals surface area contributed by atoms with Gasteiger partial charge >= 0.3 is 5.92 Å². The summed E-state index contributed by atoms with van der Waals surface area (Å²) in [6, 6.07) is 3.12. The van der Waals surface area contributed by atoms with Gasteiger partial charge in [-0.15, -0.1) is 10.2 Å². The van der Waals surface area contributed by atoms with Crippen molar-refractivity contribution in [2.24, 2.45) is 5.10 Å². The summed E-state index contributed by atoms with van der Waals surface area (Å²) in [6.07, 6.45) is 11.5. The number of aromatic nitrogens is 6. The molecule has 0 fully saturated rings. The molecule has 0 aromatic carbocycles.